The van der Waals surface area contributed by atoms with Gasteiger partial charge >= 0.3 is 18.3 Å². The molecule has 1 aromatic heterocycles. The lowest BCUT2D eigenvalue weighted by Gasteiger charge is -2.32. The van der Waals surface area contributed by atoms with Gasteiger partial charge in [0.1, 0.15) is 19.0 Å². The van der Waals surface area contributed by atoms with Gasteiger partial charge in [-0.1, -0.05) is 29.8 Å². The van der Waals surface area contributed by atoms with E-state index in [1.54, 1.807) is 35.2 Å². The number of carbonyl (C=O) groups is 2. The van der Waals surface area contributed by atoms with Crippen LogP contribution in [0, 0.1) is 0 Å². The van der Waals surface area contributed by atoms with Crippen molar-refractivity contribution in [3.05, 3.63) is 76.4 Å². The number of aromatic nitrogens is 1. The summed E-state index contributed by atoms with van der Waals surface area (Å²) in [5.41, 5.74) is -4.24. The van der Waals surface area contributed by atoms with E-state index < -0.39 is 46.3 Å². The van der Waals surface area contributed by atoms with Crippen LogP contribution in [0.1, 0.15) is 30.5 Å². The van der Waals surface area contributed by atoms with Crippen LogP contribution < -0.4 is 9.80 Å². The maximum absolute atomic E-state index is 13.8. The Morgan fingerprint density at radius 3 is 2.10 bits per heavy atom. The molecule has 1 fully saturated rings. The average molecular weight is 600 g/mol. The molecular formula is C28H24ClF6N3O3. The van der Waals surface area contributed by atoms with Gasteiger partial charge in [0, 0.05) is 23.2 Å². The standard InChI is InChI=1S/C28H24ClF6N3O3/c1-26(2,16-10-17(27(30,31)32)12-18(11-16)28(33,34)35)25(40)37(3)22-14-36-23(38-8-9-41-24(39)15-38)13-20(22)19-6-4-5-7-21(19)29/h4-7,10-14H,8-9,15H2,1-3H3. The van der Waals surface area contributed by atoms with Crippen molar-refractivity contribution in [2.45, 2.75) is 31.6 Å². The predicted molar refractivity (Wildman–Crippen MR) is 141 cm³/mol. The van der Waals surface area contributed by atoms with Gasteiger partial charge in [0.25, 0.3) is 0 Å². The Bertz CT molecular complexity index is 1460. The van der Waals surface area contributed by atoms with Gasteiger partial charge in [-0.05, 0) is 49.7 Å². The number of halogens is 7. The highest BCUT2D eigenvalue weighted by atomic mass is 35.5. The third-order valence-electron chi connectivity index (χ3n) is 6.81. The zero-order chi connectivity index (χ0) is 30.3. The minimum Gasteiger partial charge on any atom is -0.462 e. The number of benzene rings is 2. The topological polar surface area (TPSA) is 62.7 Å². The van der Waals surface area contributed by atoms with Gasteiger partial charge in [-0.25, -0.2) is 4.98 Å². The molecule has 0 unspecified atom stereocenters. The third-order valence-corrected chi connectivity index (χ3v) is 7.14. The number of nitrogens with zero attached hydrogens (tertiary/aromatic N) is 3. The number of morpholine rings is 1. The maximum Gasteiger partial charge on any atom is 0.416 e. The van der Waals surface area contributed by atoms with Crippen LogP contribution >= 0.6 is 11.6 Å². The predicted octanol–water partition coefficient (Wildman–Crippen LogP) is 6.74. The van der Waals surface area contributed by atoms with Gasteiger partial charge < -0.3 is 14.5 Å². The Hall–Kier alpha value is -3.80. The van der Waals surface area contributed by atoms with Crippen molar-refractivity contribution in [2.75, 3.05) is 36.5 Å². The van der Waals surface area contributed by atoms with E-state index in [1.807, 2.05) is 0 Å². The summed E-state index contributed by atoms with van der Waals surface area (Å²) in [5.74, 6) is -0.864. The number of carbonyl (C=O) groups excluding carboxylic acids is 2. The molecule has 41 heavy (non-hydrogen) atoms. The number of pyridine rings is 1. The summed E-state index contributed by atoms with van der Waals surface area (Å²) in [6, 6.07) is 9.42. The Labute approximate surface area is 236 Å². The van der Waals surface area contributed by atoms with Crippen LogP contribution in [0.2, 0.25) is 5.02 Å². The molecule has 0 bridgehead atoms. The SMILES string of the molecule is CN(C(=O)C(C)(C)c1cc(C(F)(F)F)cc(C(F)(F)F)c1)c1cnc(N2CCOC(=O)C2)cc1-c1ccccc1Cl. The van der Waals surface area contributed by atoms with E-state index >= 15 is 0 Å². The molecule has 218 valence electrons. The van der Waals surface area contributed by atoms with E-state index in [2.05, 4.69) is 4.98 Å². The van der Waals surface area contributed by atoms with Crippen LogP contribution in [0.15, 0.2) is 54.7 Å². The monoisotopic (exact) mass is 599 g/mol. The molecule has 6 nitrogen and oxygen atoms in total. The minimum atomic E-state index is -5.07. The van der Waals surface area contributed by atoms with Gasteiger partial charge in [0.05, 0.1) is 35.0 Å². The van der Waals surface area contributed by atoms with Crippen LogP contribution in [-0.2, 0) is 32.1 Å². The van der Waals surface area contributed by atoms with Crippen LogP contribution in [-0.4, -0.2) is 43.6 Å². The molecule has 0 saturated carbocycles. The highest BCUT2D eigenvalue weighted by Crippen LogP contribution is 2.41. The number of alkyl halides is 6. The molecule has 1 amide bonds. The van der Waals surface area contributed by atoms with Crippen molar-refractivity contribution >= 4 is 35.0 Å². The first-order valence-electron chi connectivity index (χ1n) is 12.2. The van der Waals surface area contributed by atoms with Crippen molar-refractivity contribution in [1.82, 2.24) is 4.98 Å². The third kappa shape index (κ3) is 6.27. The van der Waals surface area contributed by atoms with Crippen LogP contribution in [0.4, 0.5) is 37.8 Å². The zero-order valence-electron chi connectivity index (χ0n) is 22.0. The Morgan fingerprint density at radius 2 is 1.54 bits per heavy atom. The Kier molecular flexibility index (Phi) is 8.01. The average Bonchev–Trinajstić information content (AvgIpc) is 2.91. The van der Waals surface area contributed by atoms with E-state index in [0.29, 0.717) is 40.6 Å². The summed E-state index contributed by atoms with van der Waals surface area (Å²) in [6.07, 6.45) is -8.80. The van der Waals surface area contributed by atoms with E-state index in [1.165, 1.54) is 27.1 Å². The molecule has 0 atom stereocenters. The largest absolute Gasteiger partial charge is 0.462 e. The summed E-state index contributed by atoms with van der Waals surface area (Å²) < 4.78 is 86.1. The second-order valence-corrected chi connectivity index (χ2v) is 10.4. The van der Waals surface area contributed by atoms with Gasteiger partial charge in [-0.15, -0.1) is 0 Å². The summed E-state index contributed by atoms with van der Waals surface area (Å²) in [4.78, 5) is 32.8. The van der Waals surface area contributed by atoms with Crippen molar-refractivity contribution in [3.63, 3.8) is 0 Å². The van der Waals surface area contributed by atoms with E-state index in [9.17, 15) is 35.9 Å². The number of esters is 1. The van der Waals surface area contributed by atoms with Gasteiger partial charge in [-0.2, -0.15) is 26.3 Å². The highest BCUT2D eigenvalue weighted by Gasteiger charge is 2.41. The number of cyclic esters (lactones) is 1. The molecule has 0 N–H and O–H groups in total. The van der Waals surface area contributed by atoms with E-state index in [4.69, 9.17) is 16.3 Å². The maximum atomic E-state index is 13.8. The smallest absolute Gasteiger partial charge is 0.416 e. The lowest BCUT2D eigenvalue weighted by molar-refractivity contribution is -0.144. The molecule has 2 aromatic carbocycles. The number of hydrogen-bond acceptors (Lipinski definition) is 5. The lowest BCUT2D eigenvalue weighted by Crippen LogP contribution is -2.42. The zero-order valence-corrected chi connectivity index (χ0v) is 22.8. The molecule has 1 aliphatic heterocycles. The molecule has 2 heterocycles. The number of amides is 1. The summed E-state index contributed by atoms with van der Waals surface area (Å²) >= 11 is 6.46. The van der Waals surface area contributed by atoms with Crippen molar-refractivity contribution in [2.24, 2.45) is 0 Å². The molecule has 4 rings (SSSR count). The van der Waals surface area contributed by atoms with Crippen molar-refractivity contribution < 1.29 is 40.7 Å². The van der Waals surface area contributed by atoms with E-state index in [-0.39, 0.29) is 24.9 Å². The number of anilines is 2. The normalized spacial score (nSPS) is 14.6. The van der Waals surface area contributed by atoms with Gasteiger partial charge in [-0.3, -0.25) is 9.59 Å². The van der Waals surface area contributed by atoms with E-state index in [0.717, 1.165) is 4.90 Å². The molecule has 13 heteroatoms. The molecule has 0 aliphatic carbocycles. The molecule has 0 spiro atoms. The first-order valence-corrected chi connectivity index (χ1v) is 12.6. The Morgan fingerprint density at radius 1 is 0.951 bits per heavy atom. The quantitative estimate of drug-likeness (QED) is 0.240. The molecule has 1 saturated heterocycles. The first kappa shape index (κ1) is 30.2. The van der Waals surface area contributed by atoms with Crippen LogP contribution in [0.5, 0.6) is 0 Å². The number of rotatable bonds is 5. The fraction of sp³-hybridized carbons (Fsp3) is 0.321. The molecule has 0 radical (unpaired) electrons. The summed E-state index contributed by atoms with van der Waals surface area (Å²) in [5, 5.41) is 0.316. The molecule has 3 aromatic rings. The summed E-state index contributed by atoms with van der Waals surface area (Å²) in [7, 11) is 1.34. The fourth-order valence-corrected chi connectivity index (χ4v) is 4.72. The highest BCUT2D eigenvalue weighted by molar-refractivity contribution is 6.33. The van der Waals surface area contributed by atoms with Gasteiger partial charge in [0.2, 0.25) is 5.91 Å². The number of ether oxygens (including phenoxy) is 1. The van der Waals surface area contributed by atoms with Crippen LogP contribution in [0.3, 0.4) is 0 Å². The molecule has 1 aliphatic rings. The fourth-order valence-electron chi connectivity index (χ4n) is 4.49. The van der Waals surface area contributed by atoms with Crippen molar-refractivity contribution in [3.8, 4) is 11.1 Å². The van der Waals surface area contributed by atoms with Gasteiger partial charge in [0.15, 0.2) is 0 Å². The first-order chi connectivity index (χ1) is 19.0. The summed E-state index contributed by atoms with van der Waals surface area (Å²) in [6.45, 7) is 2.94. The lowest BCUT2D eigenvalue weighted by atomic mass is 9.81. The molecular weight excluding hydrogens is 576 g/mol. The number of likely N-dealkylation sites (N-methyl/N-ethyl adjacent to an activating group) is 1. The number of hydrogen-bond donors (Lipinski definition) is 0. The Balaban J connectivity index is 1.81. The van der Waals surface area contributed by atoms with Crippen molar-refractivity contribution in [1.29, 1.82) is 0 Å². The minimum absolute atomic E-state index is 0.0162. The second-order valence-electron chi connectivity index (χ2n) is 9.97. The van der Waals surface area contributed by atoms with Crippen LogP contribution in [0.25, 0.3) is 11.1 Å². The second kappa shape index (κ2) is 10.9.